The predicted octanol–water partition coefficient (Wildman–Crippen LogP) is 1.25. The van der Waals surface area contributed by atoms with E-state index in [1.807, 2.05) is 0 Å². The molecule has 2 aliphatic heterocycles. The Kier molecular flexibility index (Phi) is 7.79. The molecule has 3 N–H and O–H groups in total. The fourth-order valence-corrected chi connectivity index (χ4v) is 4.89. The highest BCUT2D eigenvalue weighted by Gasteiger charge is 2.41. The molecule has 1 unspecified atom stereocenters. The van der Waals surface area contributed by atoms with Gasteiger partial charge in [0.15, 0.2) is 9.84 Å². The minimum Gasteiger partial charge on any atom is -0.491 e. The lowest BCUT2D eigenvalue weighted by atomic mass is 9.88. The van der Waals surface area contributed by atoms with E-state index in [4.69, 9.17) is 14.2 Å². The first-order valence-corrected chi connectivity index (χ1v) is 12.2. The van der Waals surface area contributed by atoms with Crippen molar-refractivity contribution in [3.05, 3.63) is 24.3 Å². The molecule has 0 aromatic heterocycles. The molecule has 2 fully saturated rings. The third-order valence-corrected chi connectivity index (χ3v) is 7.80. The van der Waals surface area contributed by atoms with E-state index in [0.717, 1.165) is 32.4 Å². The number of ether oxygens (including phenoxy) is 3. The van der Waals surface area contributed by atoms with Crippen LogP contribution in [0.4, 0.5) is 4.79 Å². The van der Waals surface area contributed by atoms with Gasteiger partial charge in [-0.05, 0) is 64.4 Å². The van der Waals surface area contributed by atoms with Crippen molar-refractivity contribution in [1.82, 2.24) is 10.6 Å². The summed E-state index contributed by atoms with van der Waals surface area (Å²) in [4.78, 5) is 12.2. The van der Waals surface area contributed by atoms with Crippen LogP contribution in [0.5, 0.6) is 5.75 Å². The number of benzene rings is 1. The molecule has 0 aliphatic carbocycles. The minimum atomic E-state index is -3.42. The van der Waals surface area contributed by atoms with Crippen LogP contribution in [0.25, 0.3) is 0 Å². The summed E-state index contributed by atoms with van der Waals surface area (Å²) < 4.78 is 41.0. The molecule has 1 spiro atoms. The van der Waals surface area contributed by atoms with Gasteiger partial charge in [-0.1, -0.05) is 6.07 Å². The number of rotatable bonds is 8. The van der Waals surface area contributed by atoms with Crippen molar-refractivity contribution in [3.8, 4) is 5.75 Å². The van der Waals surface area contributed by atoms with E-state index in [-0.39, 0.29) is 29.8 Å². The summed E-state index contributed by atoms with van der Waals surface area (Å²) in [7, 11) is -3.42. The molecule has 0 radical (unpaired) electrons. The summed E-state index contributed by atoms with van der Waals surface area (Å²) in [5.41, 5.74) is -0.159. The van der Waals surface area contributed by atoms with Gasteiger partial charge < -0.3 is 30.0 Å². The Morgan fingerprint density at radius 1 is 1.32 bits per heavy atom. The van der Waals surface area contributed by atoms with Gasteiger partial charge in [0.05, 0.1) is 28.4 Å². The van der Waals surface area contributed by atoms with E-state index in [2.05, 4.69) is 10.6 Å². The van der Waals surface area contributed by atoms with Crippen molar-refractivity contribution in [1.29, 1.82) is 0 Å². The van der Waals surface area contributed by atoms with Crippen LogP contribution in [0.3, 0.4) is 0 Å². The number of carbonyl (C=O) groups excluding carboxylic acids is 1. The predicted molar refractivity (Wildman–Crippen MR) is 114 cm³/mol. The molecule has 2 saturated heterocycles. The standard InChI is InChI=1S/C21H32N2O7S/c1-15(2)31(26,27)19-5-3-4-18(10-19)28-13-17(24)14-29-20(25)23-16-11-21(30-12-16)6-8-22-9-7-21/h3-5,10,15-17,22,24H,6-9,11-14H2,1-2H3,(H,23,25)/t16-,17?/m1/s1. The highest BCUT2D eigenvalue weighted by atomic mass is 32.2. The SMILES string of the molecule is CC(C)S(=O)(=O)c1cccc(OCC(O)COC(=O)N[C@H]2COC3(CCNCC3)C2)c1. The zero-order chi connectivity index (χ0) is 22.5. The Morgan fingerprint density at radius 3 is 2.77 bits per heavy atom. The number of hydrogen-bond donors (Lipinski definition) is 3. The molecule has 2 atom stereocenters. The molecular weight excluding hydrogens is 424 g/mol. The lowest BCUT2D eigenvalue weighted by Crippen LogP contribution is -2.43. The molecule has 2 heterocycles. The normalized spacial score (nSPS) is 21.7. The second kappa shape index (κ2) is 10.2. The second-order valence-corrected chi connectivity index (χ2v) is 10.9. The Balaban J connectivity index is 1.39. The number of aliphatic hydroxyl groups is 1. The maximum Gasteiger partial charge on any atom is 0.407 e. The van der Waals surface area contributed by atoms with Crippen LogP contribution in [0.1, 0.15) is 33.1 Å². The number of alkyl carbamates (subject to hydrolysis) is 1. The molecule has 1 aromatic carbocycles. The van der Waals surface area contributed by atoms with Crippen LogP contribution < -0.4 is 15.4 Å². The first-order chi connectivity index (χ1) is 14.7. The van der Waals surface area contributed by atoms with Gasteiger partial charge in [0.1, 0.15) is 25.1 Å². The Labute approximate surface area is 183 Å². The second-order valence-electron chi connectivity index (χ2n) is 8.42. The van der Waals surface area contributed by atoms with Crippen LogP contribution in [-0.2, 0) is 19.3 Å². The van der Waals surface area contributed by atoms with Crippen molar-refractivity contribution in [2.45, 2.75) is 61.0 Å². The number of amides is 1. The molecule has 1 amide bonds. The van der Waals surface area contributed by atoms with Crippen LogP contribution in [0.2, 0.25) is 0 Å². The molecule has 1 aromatic rings. The average Bonchev–Trinajstić information content (AvgIpc) is 3.12. The Morgan fingerprint density at radius 2 is 2.06 bits per heavy atom. The first kappa shape index (κ1) is 23.8. The molecule has 9 nitrogen and oxygen atoms in total. The monoisotopic (exact) mass is 456 g/mol. The Bertz CT molecular complexity index is 853. The molecular formula is C21H32N2O7S. The zero-order valence-electron chi connectivity index (χ0n) is 18.0. The van der Waals surface area contributed by atoms with Crippen LogP contribution >= 0.6 is 0 Å². The summed E-state index contributed by atoms with van der Waals surface area (Å²) in [5, 5.41) is 15.6. The highest BCUT2D eigenvalue weighted by Crippen LogP contribution is 2.33. The molecule has 31 heavy (non-hydrogen) atoms. The summed E-state index contributed by atoms with van der Waals surface area (Å²) >= 11 is 0. The molecule has 3 rings (SSSR count). The lowest BCUT2D eigenvalue weighted by Gasteiger charge is -2.32. The van der Waals surface area contributed by atoms with Gasteiger partial charge in [-0.2, -0.15) is 0 Å². The topological polar surface area (TPSA) is 123 Å². The third-order valence-electron chi connectivity index (χ3n) is 5.65. The van der Waals surface area contributed by atoms with Crippen LogP contribution in [0, 0.1) is 0 Å². The number of carbonyl (C=O) groups is 1. The van der Waals surface area contributed by atoms with Gasteiger partial charge in [0.25, 0.3) is 0 Å². The van der Waals surface area contributed by atoms with Crippen LogP contribution in [0.15, 0.2) is 29.2 Å². The number of piperidine rings is 1. The Hall–Kier alpha value is -1.88. The largest absolute Gasteiger partial charge is 0.491 e. The van der Waals surface area contributed by atoms with Crippen LogP contribution in [-0.4, -0.2) is 75.5 Å². The number of sulfone groups is 1. The summed E-state index contributed by atoms with van der Waals surface area (Å²) in [5.74, 6) is 0.320. The number of hydrogen-bond acceptors (Lipinski definition) is 8. The van der Waals surface area contributed by atoms with Gasteiger partial charge in [-0.3, -0.25) is 0 Å². The molecule has 174 valence electrons. The smallest absolute Gasteiger partial charge is 0.407 e. The average molecular weight is 457 g/mol. The van der Waals surface area contributed by atoms with Crippen molar-refractivity contribution >= 4 is 15.9 Å². The van der Waals surface area contributed by atoms with E-state index in [1.165, 1.54) is 12.1 Å². The van der Waals surface area contributed by atoms with Gasteiger partial charge in [0, 0.05) is 0 Å². The summed E-state index contributed by atoms with van der Waals surface area (Å²) in [6, 6.07) is 6.01. The van der Waals surface area contributed by atoms with E-state index < -0.39 is 27.3 Å². The minimum absolute atomic E-state index is 0.107. The van der Waals surface area contributed by atoms with Gasteiger partial charge >= 0.3 is 6.09 Å². The maximum atomic E-state index is 12.3. The fraction of sp³-hybridized carbons (Fsp3) is 0.667. The van der Waals surface area contributed by atoms with Crippen molar-refractivity contribution in [2.75, 3.05) is 32.9 Å². The van der Waals surface area contributed by atoms with Crippen molar-refractivity contribution in [3.63, 3.8) is 0 Å². The van der Waals surface area contributed by atoms with E-state index in [1.54, 1.807) is 26.0 Å². The van der Waals surface area contributed by atoms with E-state index in [9.17, 15) is 18.3 Å². The molecule has 10 heteroatoms. The van der Waals surface area contributed by atoms with Crippen molar-refractivity contribution in [2.24, 2.45) is 0 Å². The van der Waals surface area contributed by atoms with E-state index in [0.29, 0.717) is 12.4 Å². The summed E-state index contributed by atoms with van der Waals surface area (Å²) in [6.07, 6.45) is 0.951. The lowest BCUT2D eigenvalue weighted by molar-refractivity contribution is -0.0194. The maximum absolute atomic E-state index is 12.3. The highest BCUT2D eigenvalue weighted by molar-refractivity contribution is 7.92. The first-order valence-electron chi connectivity index (χ1n) is 10.6. The van der Waals surface area contributed by atoms with Gasteiger partial charge in [-0.15, -0.1) is 0 Å². The third kappa shape index (κ3) is 6.31. The van der Waals surface area contributed by atoms with Gasteiger partial charge in [-0.25, -0.2) is 13.2 Å². The quantitative estimate of drug-likeness (QED) is 0.534. The zero-order valence-corrected chi connectivity index (χ0v) is 18.8. The molecule has 2 aliphatic rings. The molecule has 0 saturated carbocycles. The fourth-order valence-electron chi connectivity index (χ4n) is 3.80. The van der Waals surface area contributed by atoms with E-state index >= 15 is 0 Å². The van der Waals surface area contributed by atoms with Crippen molar-refractivity contribution < 1.29 is 32.5 Å². The molecule has 0 bridgehead atoms. The summed E-state index contributed by atoms with van der Waals surface area (Å²) in [6.45, 7) is 5.12. The van der Waals surface area contributed by atoms with Gasteiger partial charge in [0.2, 0.25) is 0 Å². The number of nitrogens with one attached hydrogen (secondary N) is 2. The number of aliphatic hydroxyl groups excluding tert-OH is 1.